The number of hydrogen-bond donors (Lipinski definition) is 1. The Kier molecular flexibility index (Phi) is 6.09. The maximum Gasteiger partial charge on any atom is 0.199 e. The Balaban J connectivity index is 1.87. The molecule has 0 radical (unpaired) electrons. The molecule has 3 aromatic rings. The van der Waals surface area contributed by atoms with E-state index in [1.165, 1.54) is 28.1 Å². The smallest absolute Gasteiger partial charge is 0.199 e. The summed E-state index contributed by atoms with van der Waals surface area (Å²) >= 11 is 0. The quantitative estimate of drug-likeness (QED) is 0.542. The van der Waals surface area contributed by atoms with E-state index in [1.54, 1.807) is 12.1 Å². The summed E-state index contributed by atoms with van der Waals surface area (Å²) in [7, 11) is 8.22. The van der Waals surface area contributed by atoms with E-state index in [9.17, 15) is 5.11 Å². The number of phenolic OH excluding ortho intramolecular Hbond substituents is 1. The Bertz CT molecular complexity index is 1240. The summed E-state index contributed by atoms with van der Waals surface area (Å²) in [4.78, 5) is 2.11. The minimum atomic E-state index is 0.274. The Morgan fingerprint density at radius 2 is 1.34 bits per heavy atom. The number of phenols is 1. The zero-order valence-electron chi connectivity index (χ0n) is 19.1. The summed E-state index contributed by atoms with van der Waals surface area (Å²) < 4.78 is 2.11. The minimum absolute atomic E-state index is 0.274. The van der Waals surface area contributed by atoms with Gasteiger partial charge in [-0.15, -0.1) is 0 Å². The van der Waals surface area contributed by atoms with Gasteiger partial charge in [0, 0.05) is 31.9 Å². The van der Waals surface area contributed by atoms with Crippen LogP contribution in [0.5, 0.6) is 5.75 Å². The average Bonchev–Trinajstić information content (AvgIpc) is 2.80. The molecule has 3 nitrogen and oxygen atoms in total. The molecule has 0 fully saturated rings. The van der Waals surface area contributed by atoms with Crippen LogP contribution in [0.1, 0.15) is 11.1 Å². The molecule has 0 amide bonds. The summed E-state index contributed by atoms with van der Waals surface area (Å²) in [6.45, 7) is 0. The lowest BCUT2D eigenvalue weighted by atomic mass is 9.89. The number of allylic oxidation sites excluding steroid dienone is 5. The second kappa shape index (κ2) is 9.11. The lowest BCUT2D eigenvalue weighted by molar-refractivity contribution is -0.462. The topological polar surface area (TPSA) is 26.5 Å². The normalized spacial score (nSPS) is 12.8. The highest BCUT2D eigenvalue weighted by Crippen LogP contribution is 2.33. The van der Waals surface area contributed by atoms with Crippen LogP contribution in [-0.2, 0) is 0 Å². The molecule has 32 heavy (non-hydrogen) atoms. The Hall–Kier alpha value is -3.85. The monoisotopic (exact) mass is 421 g/mol. The number of aromatic hydroxyl groups is 1. The SMILES string of the molecule is CN(C)c1ccc(C(=C2C=CC(=[N+](C)C)C=C2)c2cccc(-c3cccc(O)c3)c2)cc1. The molecule has 0 aliphatic heterocycles. The van der Waals surface area contributed by atoms with Crippen molar-refractivity contribution in [3.63, 3.8) is 0 Å². The van der Waals surface area contributed by atoms with Gasteiger partial charge in [0.15, 0.2) is 5.71 Å². The zero-order chi connectivity index (χ0) is 22.7. The third-order valence-corrected chi connectivity index (χ3v) is 5.68. The second-order valence-corrected chi connectivity index (χ2v) is 8.39. The van der Waals surface area contributed by atoms with Gasteiger partial charge >= 0.3 is 0 Å². The molecule has 0 heterocycles. The minimum Gasteiger partial charge on any atom is -0.508 e. The van der Waals surface area contributed by atoms with Crippen molar-refractivity contribution in [2.75, 3.05) is 33.1 Å². The lowest BCUT2D eigenvalue weighted by Gasteiger charge is -2.17. The van der Waals surface area contributed by atoms with Crippen LogP contribution in [0, 0.1) is 0 Å². The molecule has 0 saturated heterocycles. The average molecular weight is 422 g/mol. The Morgan fingerprint density at radius 1 is 0.719 bits per heavy atom. The van der Waals surface area contributed by atoms with Crippen molar-refractivity contribution >= 4 is 17.0 Å². The van der Waals surface area contributed by atoms with Gasteiger partial charge in [0.05, 0.1) is 0 Å². The van der Waals surface area contributed by atoms with E-state index < -0.39 is 0 Å². The first kappa shape index (κ1) is 21.4. The standard InChI is InChI=1S/C29H28N2O/c1-30(2)26-15-11-21(12-16-26)29(22-13-17-27(18-14-22)31(3)4)25-9-5-7-23(19-25)24-8-6-10-28(32)20-24/h5-20H,1-4H3/p+1. The van der Waals surface area contributed by atoms with E-state index in [1.807, 2.05) is 12.1 Å². The van der Waals surface area contributed by atoms with E-state index >= 15 is 0 Å². The zero-order valence-corrected chi connectivity index (χ0v) is 19.1. The van der Waals surface area contributed by atoms with Crippen LogP contribution in [0.25, 0.3) is 16.7 Å². The summed E-state index contributed by atoms with van der Waals surface area (Å²) in [6, 6.07) is 24.6. The first-order valence-electron chi connectivity index (χ1n) is 10.7. The lowest BCUT2D eigenvalue weighted by Crippen LogP contribution is -2.10. The third-order valence-electron chi connectivity index (χ3n) is 5.68. The van der Waals surface area contributed by atoms with Gasteiger partial charge in [-0.1, -0.05) is 42.5 Å². The van der Waals surface area contributed by atoms with Gasteiger partial charge in [-0.05, 0) is 75.9 Å². The fourth-order valence-corrected chi connectivity index (χ4v) is 3.89. The van der Waals surface area contributed by atoms with Crippen LogP contribution < -0.4 is 4.90 Å². The first-order chi connectivity index (χ1) is 15.4. The molecule has 0 atom stereocenters. The highest BCUT2D eigenvalue weighted by Gasteiger charge is 2.14. The molecule has 1 aliphatic carbocycles. The number of anilines is 1. The summed E-state index contributed by atoms with van der Waals surface area (Å²) in [5.41, 5.74) is 9.07. The van der Waals surface area contributed by atoms with Crippen molar-refractivity contribution in [3.05, 3.63) is 114 Å². The maximum absolute atomic E-state index is 9.94. The predicted molar refractivity (Wildman–Crippen MR) is 136 cm³/mol. The molecule has 0 saturated carbocycles. The van der Waals surface area contributed by atoms with Crippen molar-refractivity contribution in [2.24, 2.45) is 0 Å². The Morgan fingerprint density at radius 3 is 1.94 bits per heavy atom. The predicted octanol–water partition coefficient (Wildman–Crippen LogP) is 5.77. The largest absolute Gasteiger partial charge is 0.508 e. The molecule has 0 unspecified atom stereocenters. The van der Waals surface area contributed by atoms with E-state index in [4.69, 9.17) is 0 Å². The third kappa shape index (κ3) is 4.57. The van der Waals surface area contributed by atoms with Crippen LogP contribution in [-0.4, -0.2) is 43.6 Å². The van der Waals surface area contributed by atoms with E-state index in [2.05, 4.69) is 111 Å². The van der Waals surface area contributed by atoms with E-state index in [0.717, 1.165) is 16.7 Å². The summed E-state index contributed by atoms with van der Waals surface area (Å²) in [6.07, 6.45) is 8.68. The van der Waals surface area contributed by atoms with Gasteiger partial charge in [0.25, 0.3) is 0 Å². The second-order valence-electron chi connectivity index (χ2n) is 8.39. The summed E-state index contributed by atoms with van der Waals surface area (Å²) in [5, 5.41) is 9.94. The van der Waals surface area contributed by atoms with Crippen LogP contribution in [0.2, 0.25) is 0 Å². The molecule has 0 spiro atoms. The molecule has 1 N–H and O–H groups in total. The van der Waals surface area contributed by atoms with Gasteiger partial charge in [0.2, 0.25) is 0 Å². The van der Waals surface area contributed by atoms with Crippen molar-refractivity contribution in [1.29, 1.82) is 0 Å². The maximum atomic E-state index is 9.94. The van der Waals surface area contributed by atoms with Crippen molar-refractivity contribution < 1.29 is 9.68 Å². The number of nitrogens with zero attached hydrogens (tertiary/aromatic N) is 2. The fourth-order valence-electron chi connectivity index (χ4n) is 3.89. The number of benzene rings is 3. The van der Waals surface area contributed by atoms with Crippen LogP contribution in [0.4, 0.5) is 5.69 Å². The van der Waals surface area contributed by atoms with Gasteiger partial charge in [-0.2, -0.15) is 0 Å². The molecule has 0 aromatic heterocycles. The highest BCUT2D eigenvalue weighted by molar-refractivity contribution is 6.04. The summed E-state index contributed by atoms with van der Waals surface area (Å²) in [5.74, 6) is 0.274. The van der Waals surface area contributed by atoms with Gasteiger partial charge in [0.1, 0.15) is 19.8 Å². The molecular formula is C29H29N2O+. The molecule has 1 aliphatic rings. The molecule has 3 heteroatoms. The molecule has 4 rings (SSSR count). The Labute approximate surface area is 190 Å². The molecular weight excluding hydrogens is 392 g/mol. The van der Waals surface area contributed by atoms with Crippen molar-refractivity contribution in [3.8, 4) is 16.9 Å². The van der Waals surface area contributed by atoms with Crippen LogP contribution in [0.3, 0.4) is 0 Å². The van der Waals surface area contributed by atoms with Gasteiger partial charge in [-0.25, -0.2) is 4.58 Å². The van der Waals surface area contributed by atoms with Crippen molar-refractivity contribution in [2.45, 2.75) is 0 Å². The molecule has 0 bridgehead atoms. The van der Waals surface area contributed by atoms with E-state index in [0.29, 0.717) is 0 Å². The highest BCUT2D eigenvalue weighted by atomic mass is 16.3. The molecule has 3 aromatic carbocycles. The van der Waals surface area contributed by atoms with Crippen LogP contribution >= 0.6 is 0 Å². The van der Waals surface area contributed by atoms with Crippen molar-refractivity contribution in [1.82, 2.24) is 0 Å². The number of rotatable bonds is 4. The van der Waals surface area contributed by atoms with Gasteiger partial charge in [-0.3, -0.25) is 0 Å². The fraction of sp³-hybridized carbons (Fsp3) is 0.138. The van der Waals surface area contributed by atoms with Crippen LogP contribution in [0.15, 0.2) is 103 Å². The van der Waals surface area contributed by atoms with E-state index in [-0.39, 0.29) is 5.75 Å². The first-order valence-corrected chi connectivity index (χ1v) is 10.7. The number of hydrogen-bond acceptors (Lipinski definition) is 2. The van der Waals surface area contributed by atoms with Gasteiger partial charge < -0.3 is 10.0 Å². The molecule has 160 valence electrons.